The third-order valence-corrected chi connectivity index (χ3v) is 7.43. The molecule has 2 aliphatic rings. The Morgan fingerprint density at radius 2 is 1.51 bits per heavy atom. The molecule has 2 N–H and O–H groups in total. The third-order valence-electron chi connectivity index (χ3n) is 7.43. The van der Waals surface area contributed by atoms with Gasteiger partial charge in [0.2, 0.25) is 5.82 Å². The number of hydrogen-bond acceptors (Lipinski definition) is 5. The Balaban J connectivity index is 1.06. The van der Waals surface area contributed by atoms with Crippen LogP contribution in [0.25, 0.3) is 16.8 Å². The number of ether oxygens (including phenoxy) is 1. The zero-order chi connectivity index (χ0) is 25.4. The number of primary amides is 1. The molecule has 6 rings (SSSR count). The molecule has 2 fully saturated rings. The van der Waals surface area contributed by atoms with Crippen LogP contribution in [-0.2, 0) is 17.7 Å². The topological polar surface area (TPSA) is 86.3 Å². The number of benzene rings is 3. The van der Waals surface area contributed by atoms with Crippen molar-refractivity contribution in [3.05, 3.63) is 101 Å². The van der Waals surface area contributed by atoms with Gasteiger partial charge in [0, 0.05) is 26.2 Å². The van der Waals surface area contributed by atoms with Crippen LogP contribution in [0.5, 0.6) is 0 Å². The van der Waals surface area contributed by atoms with Crippen LogP contribution in [-0.4, -0.2) is 50.9 Å². The summed E-state index contributed by atoms with van der Waals surface area (Å²) in [7, 11) is 0. The van der Waals surface area contributed by atoms with Crippen molar-refractivity contribution < 1.29 is 9.53 Å². The summed E-state index contributed by atoms with van der Waals surface area (Å²) in [6.07, 6.45) is 3.26. The minimum Gasteiger partial charge on any atom is -0.372 e. The average Bonchev–Trinajstić information content (AvgIpc) is 3.53. The monoisotopic (exact) mass is 493 g/mol. The molecule has 3 aromatic carbocycles. The molecule has 7 nitrogen and oxygen atoms in total. The van der Waals surface area contributed by atoms with E-state index in [-0.39, 0.29) is 11.4 Å². The van der Waals surface area contributed by atoms with Crippen LogP contribution in [0.3, 0.4) is 0 Å². The molecule has 7 heteroatoms. The first-order chi connectivity index (χ1) is 18.0. The van der Waals surface area contributed by atoms with Crippen LogP contribution in [0.1, 0.15) is 46.0 Å². The van der Waals surface area contributed by atoms with Crippen molar-refractivity contribution in [1.82, 2.24) is 19.7 Å². The number of rotatable bonds is 7. The van der Waals surface area contributed by atoms with Gasteiger partial charge in [-0.05, 0) is 66.1 Å². The van der Waals surface area contributed by atoms with E-state index in [0.717, 1.165) is 38.3 Å². The predicted molar refractivity (Wildman–Crippen MR) is 142 cm³/mol. The summed E-state index contributed by atoms with van der Waals surface area (Å²) in [5.74, 6) is 0.0228. The van der Waals surface area contributed by atoms with E-state index in [1.807, 2.05) is 12.1 Å². The highest BCUT2D eigenvalue weighted by molar-refractivity contribution is 5.88. The van der Waals surface area contributed by atoms with E-state index in [2.05, 4.69) is 75.6 Å². The molecule has 1 aromatic heterocycles. The van der Waals surface area contributed by atoms with Gasteiger partial charge >= 0.3 is 0 Å². The number of aromatic nitrogens is 3. The summed E-state index contributed by atoms with van der Waals surface area (Å²) < 4.78 is 7.58. The molecule has 188 valence electrons. The molecule has 0 saturated carbocycles. The zero-order valence-corrected chi connectivity index (χ0v) is 21.1. The second kappa shape index (κ2) is 9.57. The van der Waals surface area contributed by atoms with Crippen LogP contribution >= 0.6 is 0 Å². The van der Waals surface area contributed by atoms with Gasteiger partial charge in [0.05, 0.1) is 11.3 Å². The van der Waals surface area contributed by atoms with Crippen LogP contribution < -0.4 is 5.73 Å². The van der Waals surface area contributed by atoms with Gasteiger partial charge in [-0.2, -0.15) is 0 Å². The highest BCUT2D eigenvalue weighted by atomic mass is 16.5. The first-order valence-corrected chi connectivity index (χ1v) is 12.8. The SMILES string of the molecule is Cc1nc(C(N)=O)nn1-c1ccc(Cc2ccc(-c3ccc(CN4CC5(CCCO5)C4)cc3)cc2)cc1. The van der Waals surface area contributed by atoms with Gasteiger partial charge in [0.25, 0.3) is 5.91 Å². The minimum absolute atomic E-state index is 0.0276. The number of hydrogen-bond donors (Lipinski definition) is 1. The Morgan fingerprint density at radius 1 is 0.919 bits per heavy atom. The summed E-state index contributed by atoms with van der Waals surface area (Å²) in [5, 5.41) is 4.20. The Morgan fingerprint density at radius 3 is 2.05 bits per heavy atom. The lowest BCUT2D eigenvalue weighted by Gasteiger charge is -2.47. The molecule has 0 unspecified atom stereocenters. The van der Waals surface area contributed by atoms with Gasteiger partial charge in [0.1, 0.15) is 5.82 Å². The highest BCUT2D eigenvalue weighted by Gasteiger charge is 2.45. The van der Waals surface area contributed by atoms with E-state index in [9.17, 15) is 4.79 Å². The summed E-state index contributed by atoms with van der Waals surface area (Å²) >= 11 is 0. The fourth-order valence-electron chi connectivity index (χ4n) is 5.49. The van der Waals surface area contributed by atoms with Gasteiger partial charge in [-0.1, -0.05) is 60.7 Å². The maximum Gasteiger partial charge on any atom is 0.288 e. The maximum absolute atomic E-state index is 11.4. The number of nitrogens with two attached hydrogens (primary N) is 1. The molecule has 0 atom stereocenters. The molecule has 2 aliphatic heterocycles. The lowest BCUT2D eigenvalue weighted by Crippen LogP contribution is -2.60. The van der Waals surface area contributed by atoms with Crippen molar-refractivity contribution in [1.29, 1.82) is 0 Å². The number of carbonyl (C=O) groups is 1. The van der Waals surface area contributed by atoms with E-state index < -0.39 is 5.91 Å². The van der Waals surface area contributed by atoms with E-state index in [1.54, 1.807) is 11.6 Å². The Labute approximate surface area is 216 Å². The predicted octanol–water partition coefficient (Wildman–Crippen LogP) is 4.30. The molecule has 37 heavy (non-hydrogen) atoms. The number of aryl methyl sites for hydroxylation is 1. The zero-order valence-electron chi connectivity index (χ0n) is 21.1. The molecule has 2 saturated heterocycles. The first kappa shape index (κ1) is 23.6. The van der Waals surface area contributed by atoms with Gasteiger partial charge in [-0.15, -0.1) is 5.10 Å². The second-order valence-corrected chi connectivity index (χ2v) is 10.3. The van der Waals surface area contributed by atoms with Crippen molar-refractivity contribution in [3.63, 3.8) is 0 Å². The minimum atomic E-state index is -0.628. The third kappa shape index (κ3) is 4.92. The summed E-state index contributed by atoms with van der Waals surface area (Å²) in [4.78, 5) is 18.0. The van der Waals surface area contributed by atoms with Gasteiger partial charge < -0.3 is 10.5 Å². The number of carbonyl (C=O) groups excluding carboxylic acids is 1. The van der Waals surface area contributed by atoms with Crippen LogP contribution in [0, 0.1) is 6.92 Å². The Hall–Kier alpha value is -3.81. The van der Waals surface area contributed by atoms with Crippen molar-refractivity contribution >= 4 is 5.91 Å². The van der Waals surface area contributed by atoms with Crippen molar-refractivity contribution in [2.75, 3.05) is 19.7 Å². The smallest absolute Gasteiger partial charge is 0.288 e. The van der Waals surface area contributed by atoms with E-state index in [1.165, 1.54) is 40.7 Å². The highest BCUT2D eigenvalue weighted by Crippen LogP contribution is 2.35. The largest absolute Gasteiger partial charge is 0.372 e. The van der Waals surface area contributed by atoms with Crippen molar-refractivity contribution in [2.24, 2.45) is 5.73 Å². The normalized spacial score (nSPS) is 16.7. The second-order valence-electron chi connectivity index (χ2n) is 10.3. The number of nitrogens with zero attached hydrogens (tertiary/aromatic N) is 4. The fraction of sp³-hybridized carbons (Fsp3) is 0.300. The molecular formula is C30H31N5O2. The quantitative estimate of drug-likeness (QED) is 0.415. The molecule has 0 bridgehead atoms. The van der Waals surface area contributed by atoms with Crippen LogP contribution in [0.2, 0.25) is 0 Å². The average molecular weight is 494 g/mol. The molecule has 3 heterocycles. The Bertz CT molecular complexity index is 1390. The summed E-state index contributed by atoms with van der Waals surface area (Å²) in [5.41, 5.74) is 12.6. The lowest BCUT2D eigenvalue weighted by molar-refractivity contribution is -0.114. The van der Waals surface area contributed by atoms with Crippen LogP contribution in [0.4, 0.5) is 0 Å². The van der Waals surface area contributed by atoms with Crippen molar-refractivity contribution in [2.45, 2.75) is 38.3 Å². The molecule has 0 radical (unpaired) electrons. The van der Waals surface area contributed by atoms with E-state index >= 15 is 0 Å². The van der Waals surface area contributed by atoms with Gasteiger partial charge in [-0.3, -0.25) is 9.69 Å². The Kier molecular flexibility index (Phi) is 6.10. The number of likely N-dealkylation sites (tertiary alicyclic amines) is 1. The van der Waals surface area contributed by atoms with E-state index in [4.69, 9.17) is 10.5 Å². The molecule has 1 amide bonds. The standard InChI is InChI=1S/C30H31N5O2/c1-21-32-29(28(31)36)33-35(21)27-13-7-23(8-14-27)17-22-3-9-25(10-4-22)26-11-5-24(6-12-26)18-34-19-30(20-34)15-2-16-37-30/h3-14H,2,15-20H2,1H3,(H2,31,36). The summed E-state index contributed by atoms with van der Waals surface area (Å²) in [6.45, 7) is 5.85. The van der Waals surface area contributed by atoms with Gasteiger partial charge in [-0.25, -0.2) is 9.67 Å². The molecule has 1 spiro atoms. The van der Waals surface area contributed by atoms with Crippen LogP contribution in [0.15, 0.2) is 72.8 Å². The van der Waals surface area contributed by atoms with E-state index in [0.29, 0.717) is 5.82 Å². The fourth-order valence-corrected chi connectivity index (χ4v) is 5.49. The molecule has 0 aliphatic carbocycles. The van der Waals surface area contributed by atoms with Gasteiger partial charge in [0.15, 0.2) is 0 Å². The lowest BCUT2D eigenvalue weighted by atomic mass is 9.90. The maximum atomic E-state index is 11.4. The number of amides is 1. The van der Waals surface area contributed by atoms with Crippen molar-refractivity contribution in [3.8, 4) is 16.8 Å². The summed E-state index contributed by atoms with van der Waals surface area (Å²) in [6, 6.07) is 25.8. The first-order valence-electron chi connectivity index (χ1n) is 12.8. The molecular weight excluding hydrogens is 462 g/mol. The molecule has 4 aromatic rings.